The molecular formula is C7H6Cl2N2O2. The summed E-state index contributed by atoms with van der Waals surface area (Å²) in [6.45, 7) is 0. The second-order valence-electron chi connectivity index (χ2n) is 2.18. The Hall–Kier alpha value is -0.870. The molecule has 0 saturated carbocycles. The van der Waals surface area contributed by atoms with Gasteiger partial charge in [-0.2, -0.15) is 0 Å². The SMILES string of the molecule is COC(=O)Cc1ncc(Cl)c(Cl)n1. The van der Waals surface area contributed by atoms with Gasteiger partial charge >= 0.3 is 5.97 Å². The summed E-state index contributed by atoms with van der Waals surface area (Å²) in [5, 5.41) is 0.394. The average molecular weight is 221 g/mol. The van der Waals surface area contributed by atoms with Crippen molar-refractivity contribution in [2.45, 2.75) is 6.42 Å². The summed E-state index contributed by atoms with van der Waals surface area (Å²) < 4.78 is 4.43. The van der Waals surface area contributed by atoms with Crippen molar-refractivity contribution in [1.82, 2.24) is 9.97 Å². The second-order valence-corrected chi connectivity index (χ2v) is 2.94. The number of hydrogen-bond acceptors (Lipinski definition) is 4. The molecule has 0 unspecified atom stereocenters. The highest BCUT2D eigenvalue weighted by atomic mass is 35.5. The number of nitrogens with zero attached hydrogens (tertiary/aromatic N) is 2. The Labute approximate surface area is 84.8 Å². The molecule has 0 aromatic carbocycles. The molecule has 0 amide bonds. The molecule has 0 fully saturated rings. The molecule has 70 valence electrons. The molecule has 0 aliphatic heterocycles. The Bertz CT molecular complexity index is 330. The van der Waals surface area contributed by atoms with Crippen molar-refractivity contribution < 1.29 is 9.53 Å². The molecule has 0 spiro atoms. The zero-order chi connectivity index (χ0) is 9.84. The summed E-state index contributed by atoms with van der Waals surface area (Å²) in [5.41, 5.74) is 0. The van der Waals surface area contributed by atoms with E-state index in [2.05, 4.69) is 14.7 Å². The van der Waals surface area contributed by atoms with E-state index < -0.39 is 5.97 Å². The lowest BCUT2D eigenvalue weighted by Gasteiger charge is -1.99. The number of esters is 1. The lowest BCUT2D eigenvalue weighted by Crippen LogP contribution is -2.07. The maximum atomic E-state index is 10.8. The Morgan fingerprint density at radius 1 is 1.62 bits per heavy atom. The van der Waals surface area contributed by atoms with Gasteiger partial charge in [-0.05, 0) is 0 Å². The quantitative estimate of drug-likeness (QED) is 0.560. The largest absolute Gasteiger partial charge is 0.469 e. The Kier molecular flexibility index (Phi) is 3.45. The van der Waals surface area contributed by atoms with Crippen LogP contribution in [0.4, 0.5) is 0 Å². The van der Waals surface area contributed by atoms with Gasteiger partial charge in [0.05, 0.1) is 18.3 Å². The van der Waals surface area contributed by atoms with Crippen molar-refractivity contribution in [3.63, 3.8) is 0 Å². The van der Waals surface area contributed by atoms with Crippen molar-refractivity contribution in [2.24, 2.45) is 0 Å². The van der Waals surface area contributed by atoms with Crippen LogP contribution in [0.25, 0.3) is 0 Å². The summed E-state index contributed by atoms with van der Waals surface area (Å²) in [4.78, 5) is 18.4. The number of carbonyl (C=O) groups excluding carboxylic acids is 1. The molecule has 1 aromatic heterocycles. The fourth-order valence-corrected chi connectivity index (χ4v) is 0.904. The van der Waals surface area contributed by atoms with Crippen LogP contribution in [0.3, 0.4) is 0 Å². The monoisotopic (exact) mass is 220 g/mol. The zero-order valence-electron chi connectivity index (χ0n) is 6.75. The summed E-state index contributed by atoms with van der Waals surface area (Å²) >= 11 is 11.2. The van der Waals surface area contributed by atoms with Gasteiger partial charge < -0.3 is 4.74 Å². The van der Waals surface area contributed by atoms with E-state index in [0.717, 1.165) is 0 Å². The predicted octanol–water partition coefficient (Wildman–Crippen LogP) is 1.50. The van der Waals surface area contributed by atoms with E-state index in [0.29, 0.717) is 5.82 Å². The maximum absolute atomic E-state index is 10.8. The number of halogens is 2. The molecule has 0 atom stereocenters. The predicted molar refractivity (Wildman–Crippen MR) is 47.8 cm³/mol. The van der Waals surface area contributed by atoms with Gasteiger partial charge in [0.1, 0.15) is 12.2 Å². The van der Waals surface area contributed by atoms with Gasteiger partial charge in [-0.15, -0.1) is 0 Å². The van der Waals surface area contributed by atoms with E-state index in [4.69, 9.17) is 23.2 Å². The van der Waals surface area contributed by atoms with E-state index in [9.17, 15) is 4.79 Å². The molecule has 0 bridgehead atoms. The highest BCUT2D eigenvalue weighted by Crippen LogP contribution is 2.17. The number of carbonyl (C=O) groups is 1. The standard InChI is InChI=1S/C7H6Cl2N2O2/c1-13-6(12)2-5-10-3-4(8)7(9)11-5/h3H,2H2,1H3. The smallest absolute Gasteiger partial charge is 0.313 e. The van der Waals surface area contributed by atoms with E-state index >= 15 is 0 Å². The van der Waals surface area contributed by atoms with Crippen molar-refractivity contribution in [1.29, 1.82) is 0 Å². The first-order valence-corrected chi connectivity index (χ1v) is 4.13. The highest BCUT2D eigenvalue weighted by molar-refractivity contribution is 6.41. The van der Waals surface area contributed by atoms with Crippen LogP contribution in [0.5, 0.6) is 0 Å². The molecule has 1 rings (SSSR count). The lowest BCUT2D eigenvalue weighted by atomic mass is 10.4. The van der Waals surface area contributed by atoms with Crippen LogP contribution in [-0.4, -0.2) is 23.0 Å². The van der Waals surface area contributed by atoms with Gasteiger partial charge in [-0.3, -0.25) is 4.79 Å². The van der Waals surface area contributed by atoms with Gasteiger partial charge in [0.2, 0.25) is 0 Å². The van der Waals surface area contributed by atoms with Gasteiger partial charge in [-0.25, -0.2) is 9.97 Å². The minimum atomic E-state index is -0.418. The molecule has 0 saturated heterocycles. The Morgan fingerprint density at radius 2 is 2.31 bits per heavy atom. The van der Waals surface area contributed by atoms with Crippen LogP contribution < -0.4 is 0 Å². The molecule has 0 radical (unpaired) electrons. The fourth-order valence-electron chi connectivity index (χ4n) is 0.666. The van der Waals surface area contributed by atoms with Crippen molar-refractivity contribution in [3.05, 3.63) is 22.2 Å². The molecule has 1 heterocycles. The molecule has 0 aliphatic rings. The summed E-state index contributed by atoms with van der Waals surface area (Å²) in [6.07, 6.45) is 1.34. The van der Waals surface area contributed by atoms with Crippen molar-refractivity contribution in [2.75, 3.05) is 7.11 Å². The lowest BCUT2D eigenvalue weighted by molar-refractivity contribution is -0.139. The topological polar surface area (TPSA) is 52.1 Å². The van der Waals surface area contributed by atoms with Crippen LogP contribution in [0.2, 0.25) is 10.2 Å². The van der Waals surface area contributed by atoms with E-state index in [1.54, 1.807) is 0 Å². The van der Waals surface area contributed by atoms with E-state index in [1.807, 2.05) is 0 Å². The van der Waals surface area contributed by atoms with E-state index in [1.165, 1.54) is 13.3 Å². The molecule has 13 heavy (non-hydrogen) atoms. The third-order valence-corrected chi connectivity index (χ3v) is 1.94. The van der Waals surface area contributed by atoms with Gasteiger partial charge in [0.25, 0.3) is 0 Å². The fraction of sp³-hybridized carbons (Fsp3) is 0.286. The van der Waals surface area contributed by atoms with Gasteiger partial charge in [-0.1, -0.05) is 23.2 Å². The third kappa shape index (κ3) is 2.82. The van der Waals surface area contributed by atoms with Crippen LogP contribution in [0.1, 0.15) is 5.82 Å². The van der Waals surface area contributed by atoms with Crippen LogP contribution in [0.15, 0.2) is 6.20 Å². The highest BCUT2D eigenvalue weighted by Gasteiger charge is 2.07. The average Bonchev–Trinajstić information content (AvgIpc) is 2.11. The number of methoxy groups -OCH3 is 1. The minimum Gasteiger partial charge on any atom is -0.469 e. The van der Waals surface area contributed by atoms with Gasteiger partial charge in [0.15, 0.2) is 5.15 Å². The number of hydrogen-bond donors (Lipinski definition) is 0. The van der Waals surface area contributed by atoms with Crippen molar-refractivity contribution >= 4 is 29.2 Å². The molecule has 0 N–H and O–H groups in total. The minimum absolute atomic E-state index is 0.00656. The van der Waals surface area contributed by atoms with E-state index in [-0.39, 0.29) is 16.6 Å². The number of ether oxygens (including phenoxy) is 1. The normalized spacial score (nSPS) is 9.77. The van der Waals surface area contributed by atoms with Crippen LogP contribution in [0, 0.1) is 0 Å². The van der Waals surface area contributed by atoms with Crippen molar-refractivity contribution in [3.8, 4) is 0 Å². The number of rotatable bonds is 2. The summed E-state index contributed by atoms with van der Waals surface area (Å²) in [5.74, 6) is -0.125. The Morgan fingerprint density at radius 3 is 2.85 bits per heavy atom. The summed E-state index contributed by atoms with van der Waals surface area (Å²) in [7, 11) is 1.29. The van der Waals surface area contributed by atoms with Crippen LogP contribution in [-0.2, 0) is 16.0 Å². The third-order valence-electron chi connectivity index (χ3n) is 1.28. The molecule has 4 nitrogen and oxygen atoms in total. The first-order valence-electron chi connectivity index (χ1n) is 3.37. The zero-order valence-corrected chi connectivity index (χ0v) is 8.26. The first-order chi connectivity index (χ1) is 6.13. The first kappa shape index (κ1) is 10.2. The Balaban J connectivity index is 2.79. The number of aromatic nitrogens is 2. The molecule has 0 aliphatic carbocycles. The molecular weight excluding hydrogens is 215 g/mol. The summed E-state index contributed by atoms with van der Waals surface area (Å²) in [6, 6.07) is 0. The molecule has 6 heteroatoms. The second kappa shape index (κ2) is 4.39. The van der Waals surface area contributed by atoms with Crippen LogP contribution >= 0.6 is 23.2 Å². The maximum Gasteiger partial charge on any atom is 0.313 e. The van der Waals surface area contributed by atoms with Gasteiger partial charge in [0, 0.05) is 0 Å². The molecule has 1 aromatic rings.